The summed E-state index contributed by atoms with van der Waals surface area (Å²) in [6.45, 7) is 0.0935. The van der Waals surface area contributed by atoms with Crippen molar-refractivity contribution in [3.63, 3.8) is 0 Å². The van der Waals surface area contributed by atoms with Crippen molar-refractivity contribution in [2.24, 2.45) is 0 Å². The number of nitrogens with one attached hydrogen (secondary N) is 1. The van der Waals surface area contributed by atoms with Crippen molar-refractivity contribution >= 4 is 43.2 Å². The van der Waals surface area contributed by atoms with Crippen molar-refractivity contribution in [1.82, 2.24) is 9.03 Å². The van der Waals surface area contributed by atoms with Crippen LogP contribution in [-0.2, 0) is 20.0 Å². The fourth-order valence-electron chi connectivity index (χ4n) is 2.00. The Morgan fingerprint density at radius 1 is 1.18 bits per heavy atom. The SMILES string of the molecule is CS(=O)(=O)N(CCNS(=O)(=O)c1ccc(Cl)c(Cl)c1)C1CC1. The molecule has 1 N–H and O–H groups in total. The number of nitrogens with zero attached hydrogens (tertiary/aromatic N) is 1. The number of sulfonamides is 2. The molecule has 0 spiro atoms. The Morgan fingerprint density at radius 3 is 2.32 bits per heavy atom. The first kappa shape index (κ1) is 18.0. The topological polar surface area (TPSA) is 83.6 Å². The van der Waals surface area contributed by atoms with Crippen molar-refractivity contribution in [2.45, 2.75) is 23.8 Å². The molecule has 0 aromatic heterocycles. The van der Waals surface area contributed by atoms with Gasteiger partial charge < -0.3 is 0 Å². The molecule has 0 amide bonds. The highest BCUT2D eigenvalue weighted by Gasteiger charge is 2.34. The lowest BCUT2D eigenvalue weighted by Gasteiger charge is -2.19. The van der Waals surface area contributed by atoms with Gasteiger partial charge in [-0.15, -0.1) is 0 Å². The zero-order chi connectivity index (χ0) is 16.5. The van der Waals surface area contributed by atoms with Gasteiger partial charge in [0.1, 0.15) is 0 Å². The lowest BCUT2D eigenvalue weighted by Crippen LogP contribution is -2.39. The first-order valence-corrected chi connectivity index (χ1v) is 10.6. The Balaban J connectivity index is 2.02. The molecule has 10 heteroatoms. The Hall–Kier alpha value is -0.380. The standard InChI is InChI=1S/C12H16Cl2N2O4S2/c1-21(17,18)16(9-2-3-9)7-6-15-22(19,20)10-4-5-11(13)12(14)8-10/h4-5,8-9,15H,2-3,6-7H2,1H3. The van der Waals surface area contributed by atoms with Crippen LogP contribution >= 0.6 is 23.2 Å². The Morgan fingerprint density at radius 2 is 1.82 bits per heavy atom. The molecule has 0 bridgehead atoms. The van der Waals surface area contributed by atoms with Gasteiger partial charge in [-0.3, -0.25) is 0 Å². The van der Waals surface area contributed by atoms with Gasteiger partial charge in [0.15, 0.2) is 0 Å². The lowest BCUT2D eigenvalue weighted by molar-refractivity contribution is 0.410. The summed E-state index contributed by atoms with van der Waals surface area (Å²) >= 11 is 11.6. The van der Waals surface area contributed by atoms with Gasteiger partial charge in [-0.2, -0.15) is 4.31 Å². The molecule has 0 heterocycles. The molecule has 6 nitrogen and oxygen atoms in total. The third-order valence-corrected chi connectivity index (χ3v) is 6.74. The van der Waals surface area contributed by atoms with E-state index in [4.69, 9.17) is 23.2 Å². The van der Waals surface area contributed by atoms with Crippen LogP contribution < -0.4 is 4.72 Å². The van der Waals surface area contributed by atoms with E-state index in [0.717, 1.165) is 19.1 Å². The van der Waals surface area contributed by atoms with Crippen LogP contribution in [0.15, 0.2) is 23.1 Å². The first-order valence-electron chi connectivity index (χ1n) is 6.53. The molecule has 1 fully saturated rings. The summed E-state index contributed by atoms with van der Waals surface area (Å²) in [5.74, 6) is 0. The van der Waals surface area contributed by atoms with Gasteiger partial charge in [0.2, 0.25) is 20.0 Å². The summed E-state index contributed by atoms with van der Waals surface area (Å²) in [6.07, 6.45) is 2.75. The fraction of sp³-hybridized carbons (Fsp3) is 0.500. The van der Waals surface area contributed by atoms with Crippen molar-refractivity contribution < 1.29 is 16.8 Å². The zero-order valence-corrected chi connectivity index (χ0v) is 14.9. The Labute approximate surface area is 140 Å². The van der Waals surface area contributed by atoms with Gasteiger partial charge >= 0.3 is 0 Å². The largest absolute Gasteiger partial charge is 0.240 e. The maximum atomic E-state index is 12.1. The number of hydrogen-bond acceptors (Lipinski definition) is 4. The molecule has 0 radical (unpaired) electrons. The van der Waals surface area contributed by atoms with E-state index in [0.29, 0.717) is 0 Å². The van der Waals surface area contributed by atoms with Crippen LogP contribution in [0.1, 0.15) is 12.8 Å². The summed E-state index contributed by atoms with van der Waals surface area (Å²) in [7, 11) is -7.10. The van der Waals surface area contributed by atoms with Crippen LogP contribution in [0.5, 0.6) is 0 Å². The van der Waals surface area contributed by atoms with E-state index < -0.39 is 20.0 Å². The molecular weight excluding hydrogens is 371 g/mol. The quantitative estimate of drug-likeness (QED) is 0.772. The second-order valence-electron chi connectivity index (χ2n) is 5.08. The van der Waals surface area contributed by atoms with E-state index in [-0.39, 0.29) is 34.1 Å². The summed E-state index contributed by atoms with van der Waals surface area (Å²) in [6, 6.07) is 3.98. The van der Waals surface area contributed by atoms with Crippen molar-refractivity contribution in [1.29, 1.82) is 0 Å². The van der Waals surface area contributed by atoms with Gasteiger partial charge in [-0.25, -0.2) is 21.6 Å². The van der Waals surface area contributed by atoms with E-state index in [9.17, 15) is 16.8 Å². The van der Waals surface area contributed by atoms with Crippen LogP contribution in [0.4, 0.5) is 0 Å². The maximum Gasteiger partial charge on any atom is 0.240 e. The van der Waals surface area contributed by atoms with Crippen molar-refractivity contribution in [3.05, 3.63) is 28.2 Å². The molecule has 1 saturated carbocycles. The molecule has 1 aliphatic carbocycles. The highest BCUT2D eigenvalue weighted by atomic mass is 35.5. The van der Waals surface area contributed by atoms with E-state index in [1.54, 1.807) is 0 Å². The second kappa shape index (κ2) is 6.62. The van der Waals surface area contributed by atoms with Gasteiger partial charge in [0.05, 0.1) is 21.2 Å². The summed E-state index contributed by atoms with van der Waals surface area (Å²) in [5, 5.41) is 0.401. The minimum Gasteiger partial charge on any atom is -0.212 e. The summed E-state index contributed by atoms with van der Waals surface area (Å²) in [4.78, 5) is -0.0146. The average molecular weight is 387 g/mol. The van der Waals surface area contributed by atoms with Crippen molar-refractivity contribution in [2.75, 3.05) is 19.3 Å². The highest BCUT2D eigenvalue weighted by molar-refractivity contribution is 7.89. The Bertz CT molecular complexity index is 761. The molecule has 1 aromatic rings. The normalized spacial score (nSPS) is 16.2. The van der Waals surface area contributed by atoms with E-state index in [1.165, 1.54) is 22.5 Å². The van der Waals surface area contributed by atoms with Crippen molar-refractivity contribution in [3.8, 4) is 0 Å². The summed E-state index contributed by atoms with van der Waals surface area (Å²) in [5.41, 5.74) is 0. The third-order valence-electron chi connectivity index (χ3n) is 3.21. The summed E-state index contributed by atoms with van der Waals surface area (Å²) < 4.78 is 51.2. The smallest absolute Gasteiger partial charge is 0.212 e. The fourth-order valence-corrected chi connectivity index (χ4v) is 4.58. The molecule has 1 aliphatic rings. The van der Waals surface area contributed by atoms with Crippen LogP contribution in [0.25, 0.3) is 0 Å². The average Bonchev–Trinajstić information content (AvgIpc) is 3.20. The first-order chi connectivity index (χ1) is 10.1. The van der Waals surface area contributed by atoms with E-state index in [2.05, 4.69) is 4.72 Å². The number of rotatable bonds is 7. The number of hydrogen-bond donors (Lipinski definition) is 1. The molecule has 0 saturated heterocycles. The highest BCUT2D eigenvalue weighted by Crippen LogP contribution is 2.28. The molecule has 0 unspecified atom stereocenters. The van der Waals surface area contributed by atoms with Gasteiger partial charge in [-0.1, -0.05) is 23.2 Å². The van der Waals surface area contributed by atoms with Gasteiger partial charge in [0.25, 0.3) is 0 Å². The Kier molecular flexibility index (Phi) is 5.41. The molecule has 22 heavy (non-hydrogen) atoms. The number of benzene rings is 1. The molecule has 124 valence electrons. The lowest BCUT2D eigenvalue weighted by atomic mass is 10.4. The second-order valence-corrected chi connectivity index (χ2v) is 9.59. The van der Waals surface area contributed by atoms with Gasteiger partial charge in [-0.05, 0) is 31.0 Å². The molecule has 2 rings (SSSR count). The molecule has 0 atom stereocenters. The van der Waals surface area contributed by atoms with Crippen LogP contribution in [0.2, 0.25) is 10.0 Å². The predicted molar refractivity (Wildman–Crippen MR) is 86.2 cm³/mol. The minimum atomic E-state index is -3.76. The molecule has 1 aromatic carbocycles. The zero-order valence-electron chi connectivity index (χ0n) is 11.8. The van der Waals surface area contributed by atoms with Crippen LogP contribution in [0, 0.1) is 0 Å². The number of halogens is 2. The molecule has 0 aliphatic heterocycles. The van der Waals surface area contributed by atoms with Gasteiger partial charge in [0, 0.05) is 19.1 Å². The minimum absolute atomic E-state index is 0.00779. The molecular formula is C12H16Cl2N2O4S2. The third kappa shape index (κ3) is 4.56. The van der Waals surface area contributed by atoms with Crippen LogP contribution in [0.3, 0.4) is 0 Å². The van der Waals surface area contributed by atoms with E-state index >= 15 is 0 Å². The van der Waals surface area contributed by atoms with E-state index in [1.807, 2.05) is 0 Å². The van der Waals surface area contributed by atoms with Crippen LogP contribution in [-0.4, -0.2) is 46.5 Å². The monoisotopic (exact) mass is 386 g/mol. The predicted octanol–water partition coefficient (Wildman–Crippen LogP) is 1.70. The maximum absolute atomic E-state index is 12.1.